The lowest BCUT2D eigenvalue weighted by Gasteiger charge is -2.14. The van der Waals surface area contributed by atoms with Gasteiger partial charge in [0.05, 0.1) is 0 Å². The van der Waals surface area contributed by atoms with Crippen LogP contribution in [0, 0.1) is 6.92 Å². The van der Waals surface area contributed by atoms with Gasteiger partial charge in [0.1, 0.15) is 0 Å². The van der Waals surface area contributed by atoms with Crippen LogP contribution >= 0.6 is 11.3 Å². The first-order valence-electron chi connectivity index (χ1n) is 5.87. The van der Waals surface area contributed by atoms with E-state index in [0.29, 0.717) is 22.7 Å². The Labute approximate surface area is 120 Å². The van der Waals surface area contributed by atoms with Crippen molar-refractivity contribution in [2.45, 2.75) is 24.1 Å². The SMILES string of the molecule is Cc1[nH]c(=O)sc1S(=O)(=O)NC(C)c1cccc(N)c1. The normalized spacial score (nSPS) is 13.3. The van der Waals surface area contributed by atoms with E-state index >= 15 is 0 Å². The summed E-state index contributed by atoms with van der Waals surface area (Å²) in [5.41, 5.74) is 7.34. The zero-order chi connectivity index (χ0) is 14.9. The number of anilines is 1. The Morgan fingerprint density at radius 1 is 1.40 bits per heavy atom. The molecule has 1 heterocycles. The second-order valence-corrected chi connectivity index (χ2v) is 7.33. The van der Waals surface area contributed by atoms with Gasteiger partial charge in [-0.2, -0.15) is 0 Å². The Hall–Kier alpha value is -1.64. The summed E-state index contributed by atoms with van der Waals surface area (Å²) in [5.74, 6) is 0. The van der Waals surface area contributed by atoms with Gasteiger partial charge in [-0.3, -0.25) is 4.79 Å². The Kier molecular flexibility index (Phi) is 3.98. The molecular weight excluding hydrogens is 298 g/mol. The molecule has 1 atom stereocenters. The first-order valence-corrected chi connectivity index (χ1v) is 8.17. The molecule has 20 heavy (non-hydrogen) atoms. The predicted molar refractivity (Wildman–Crippen MR) is 79.3 cm³/mol. The quantitative estimate of drug-likeness (QED) is 0.741. The van der Waals surface area contributed by atoms with Crippen molar-refractivity contribution in [3.8, 4) is 0 Å². The van der Waals surface area contributed by atoms with Gasteiger partial charge in [0, 0.05) is 17.4 Å². The molecule has 0 amide bonds. The van der Waals surface area contributed by atoms with Crippen molar-refractivity contribution in [2.24, 2.45) is 0 Å². The number of aryl methyl sites for hydroxylation is 1. The van der Waals surface area contributed by atoms with Crippen LogP contribution in [0.3, 0.4) is 0 Å². The number of hydrogen-bond acceptors (Lipinski definition) is 5. The lowest BCUT2D eigenvalue weighted by Crippen LogP contribution is -2.26. The van der Waals surface area contributed by atoms with Gasteiger partial charge in [0.2, 0.25) is 0 Å². The number of sulfonamides is 1. The Balaban J connectivity index is 2.29. The highest BCUT2D eigenvalue weighted by Crippen LogP contribution is 2.21. The van der Waals surface area contributed by atoms with Gasteiger partial charge in [-0.05, 0) is 31.5 Å². The molecule has 4 N–H and O–H groups in total. The van der Waals surface area contributed by atoms with E-state index in [2.05, 4.69) is 9.71 Å². The standard InChI is InChI=1S/C12H15N3O3S2/c1-7(9-4-3-5-10(13)6-9)15-20(17,18)11-8(2)14-12(16)19-11/h3-7,15H,13H2,1-2H3,(H,14,16). The molecule has 0 saturated heterocycles. The maximum Gasteiger partial charge on any atom is 0.305 e. The lowest BCUT2D eigenvalue weighted by molar-refractivity contribution is 0.568. The minimum Gasteiger partial charge on any atom is -0.399 e. The minimum absolute atomic E-state index is 0.0123. The summed E-state index contributed by atoms with van der Waals surface area (Å²) in [4.78, 5) is 13.3. The van der Waals surface area contributed by atoms with Gasteiger partial charge in [-0.25, -0.2) is 13.1 Å². The van der Waals surface area contributed by atoms with E-state index in [1.807, 2.05) is 0 Å². The average Bonchev–Trinajstić information content (AvgIpc) is 2.69. The van der Waals surface area contributed by atoms with Crippen LogP contribution < -0.4 is 15.3 Å². The Morgan fingerprint density at radius 3 is 2.65 bits per heavy atom. The fraction of sp³-hybridized carbons (Fsp3) is 0.250. The third-order valence-corrected chi connectivity index (χ3v) is 5.91. The summed E-state index contributed by atoms with van der Waals surface area (Å²) < 4.78 is 27.0. The summed E-state index contributed by atoms with van der Waals surface area (Å²) >= 11 is 0.675. The second kappa shape index (κ2) is 5.39. The van der Waals surface area contributed by atoms with Crippen LogP contribution in [-0.4, -0.2) is 13.4 Å². The van der Waals surface area contributed by atoms with Gasteiger partial charge < -0.3 is 10.7 Å². The van der Waals surface area contributed by atoms with Crippen molar-refractivity contribution < 1.29 is 8.42 Å². The van der Waals surface area contributed by atoms with E-state index < -0.39 is 16.1 Å². The summed E-state index contributed by atoms with van der Waals surface area (Å²) in [6, 6.07) is 6.54. The summed E-state index contributed by atoms with van der Waals surface area (Å²) in [7, 11) is -3.73. The number of nitrogens with one attached hydrogen (secondary N) is 2. The predicted octanol–water partition coefficient (Wildman–Crippen LogP) is 1.37. The monoisotopic (exact) mass is 313 g/mol. The van der Waals surface area contributed by atoms with Crippen molar-refractivity contribution in [2.75, 3.05) is 5.73 Å². The number of nitrogen functional groups attached to an aromatic ring is 1. The van der Waals surface area contributed by atoms with Gasteiger partial charge >= 0.3 is 4.87 Å². The average molecular weight is 313 g/mol. The van der Waals surface area contributed by atoms with Crippen molar-refractivity contribution in [1.82, 2.24) is 9.71 Å². The molecule has 6 nitrogen and oxygen atoms in total. The topological polar surface area (TPSA) is 105 Å². The molecule has 2 aromatic rings. The van der Waals surface area contributed by atoms with Crippen LogP contribution in [0.15, 0.2) is 33.3 Å². The molecule has 0 radical (unpaired) electrons. The maximum atomic E-state index is 12.2. The highest BCUT2D eigenvalue weighted by atomic mass is 32.2. The van der Waals surface area contributed by atoms with Crippen LogP contribution in [0.4, 0.5) is 5.69 Å². The van der Waals surface area contributed by atoms with E-state index in [9.17, 15) is 13.2 Å². The first kappa shape index (κ1) is 14.8. The van der Waals surface area contributed by atoms with Gasteiger partial charge in [0.15, 0.2) is 4.21 Å². The molecule has 2 rings (SSSR count). The molecule has 108 valence electrons. The molecule has 1 aromatic carbocycles. The summed E-state index contributed by atoms with van der Waals surface area (Å²) in [6.45, 7) is 3.27. The van der Waals surface area contributed by atoms with Crippen LogP contribution in [0.25, 0.3) is 0 Å². The molecule has 0 saturated carbocycles. The highest BCUT2D eigenvalue weighted by Gasteiger charge is 2.23. The van der Waals surface area contributed by atoms with E-state index in [0.717, 1.165) is 5.56 Å². The fourth-order valence-electron chi connectivity index (χ4n) is 1.83. The zero-order valence-electron chi connectivity index (χ0n) is 11.0. The smallest absolute Gasteiger partial charge is 0.305 e. The third-order valence-electron chi connectivity index (χ3n) is 2.77. The number of aromatic amines is 1. The lowest BCUT2D eigenvalue weighted by atomic mass is 10.1. The molecule has 0 bridgehead atoms. The number of H-pyrrole nitrogens is 1. The van der Waals surface area contributed by atoms with Crippen LogP contribution in [0.2, 0.25) is 0 Å². The molecule has 0 fully saturated rings. The van der Waals surface area contributed by atoms with Crippen LogP contribution in [0.5, 0.6) is 0 Å². The molecule has 1 unspecified atom stereocenters. The second-order valence-electron chi connectivity index (χ2n) is 4.44. The number of hydrogen-bond donors (Lipinski definition) is 3. The molecule has 8 heteroatoms. The van der Waals surface area contributed by atoms with Crippen molar-refractivity contribution in [3.63, 3.8) is 0 Å². The minimum atomic E-state index is -3.73. The van der Waals surface area contributed by atoms with Gasteiger partial charge in [-0.1, -0.05) is 23.5 Å². The number of aromatic nitrogens is 1. The molecule has 0 aliphatic carbocycles. The molecule has 1 aromatic heterocycles. The highest BCUT2D eigenvalue weighted by molar-refractivity contribution is 7.91. The Bertz CT molecular complexity index is 777. The van der Waals surface area contributed by atoms with Crippen molar-refractivity contribution >= 4 is 27.0 Å². The van der Waals surface area contributed by atoms with Crippen LogP contribution in [-0.2, 0) is 10.0 Å². The van der Waals surface area contributed by atoms with E-state index in [4.69, 9.17) is 5.73 Å². The van der Waals surface area contributed by atoms with Crippen molar-refractivity contribution in [1.29, 1.82) is 0 Å². The van der Waals surface area contributed by atoms with Gasteiger partial charge in [0.25, 0.3) is 10.0 Å². The van der Waals surface area contributed by atoms with E-state index in [1.165, 1.54) is 0 Å². The van der Waals surface area contributed by atoms with Crippen LogP contribution in [0.1, 0.15) is 24.2 Å². The molecule has 0 aliphatic heterocycles. The fourth-order valence-corrected chi connectivity index (χ4v) is 4.38. The summed E-state index contributed by atoms with van der Waals surface area (Å²) in [5, 5.41) is 0. The van der Waals surface area contributed by atoms with E-state index in [-0.39, 0.29) is 9.08 Å². The van der Waals surface area contributed by atoms with Gasteiger partial charge in [-0.15, -0.1) is 0 Å². The zero-order valence-corrected chi connectivity index (χ0v) is 12.6. The molecular formula is C12H15N3O3S2. The van der Waals surface area contributed by atoms with Crippen molar-refractivity contribution in [3.05, 3.63) is 45.2 Å². The third kappa shape index (κ3) is 3.09. The number of nitrogens with two attached hydrogens (primary N) is 1. The molecule has 0 aliphatic rings. The number of rotatable bonds is 4. The van der Waals surface area contributed by atoms with E-state index in [1.54, 1.807) is 38.1 Å². The number of benzene rings is 1. The number of thiazole rings is 1. The summed E-state index contributed by atoms with van der Waals surface area (Å²) in [6.07, 6.45) is 0. The maximum absolute atomic E-state index is 12.2. The molecule has 0 spiro atoms. The first-order chi connectivity index (χ1) is 9.29. The largest absolute Gasteiger partial charge is 0.399 e. The Morgan fingerprint density at radius 2 is 2.10 bits per heavy atom.